The molecule has 1 aliphatic heterocycles. The van der Waals surface area contributed by atoms with Gasteiger partial charge in [0.15, 0.2) is 0 Å². The molecule has 5 heteroatoms. The molecule has 1 aliphatic rings. The fourth-order valence-corrected chi connectivity index (χ4v) is 4.97. The molecule has 0 bridgehead atoms. The molecule has 0 saturated carbocycles. The molecule has 0 atom stereocenters. The Morgan fingerprint density at radius 1 is 0.842 bits per heavy atom. The average Bonchev–Trinajstić information content (AvgIpc) is 2.97. The number of nitriles is 1. The number of rotatable bonds is 9. The van der Waals surface area contributed by atoms with E-state index in [0.29, 0.717) is 18.8 Å². The molecule has 3 aromatic carbocycles. The van der Waals surface area contributed by atoms with E-state index in [-0.39, 0.29) is 0 Å². The van der Waals surface area contributed by atoms with Gasteiger partial charge in [0, 0.05) is 36.1 Å². The van der Waals surface area contributed by atoms with Crippen molar-refractivity contribution in [3.05, 3.63) is 113 Å². The van der Waals surface area contributed by atoms with E-state index in [1.807, 2.05) is 24.3 Å². The van der Waals surface area contributed by atoms with Gasteiger partial charge in [0.05, 0.1) is 5.56 Å². The Hall–Kier alpha value is -4.14. The highest BCUT2D eigenvalue weighted by atomic mass is 16.5. The van der Waals surface area contributed by atoms with Crippen LogP contribution in [-0.4, -0.2) is 23.0 Å². The first kappa shape index (κ1) is 25.5. The average molecular weight is 504 g/mol. The first-order valence-corrected chi connectivity index (χ1v) is 13.3. The largest absolute Gasteiger partial charge is 0.489 e. The van der Waals surface area contributed by atoms with Crippen LogP contribution >= 0.6 is 0 Å². The number of hydrogen-bond acceptors (Lipinski definition) is 5. The Morgan fingerprint density at radius 2 is 1.68 bits per heavy atom. The monoisotopic (exact) mass is 503 g/mol. The highest BCUT2D eigenvalue weighted by Crippen LogP contribution is 2.30. The van der Waals surface area contributed by atoms with E-state index in [1.165, 1.54) is 36.0 Å². The zero-order chi connectivity index (χ0) is 26.2. The Labute approximate surface area is 225 Å². The Morgan fingerprint density at radius 3 is 2.50 bits per heavy atom. The number of benzene rings is 3. The fourth-order valence-electron chi connectivity index (χ4n) is 4.97. The second-order valence-electron chi connectivity index (χ2n) is 9.83. The summed E-state index contributed by atoms with van der Waals surface area (Å²) in [5.41, 5.74) is 7.36. The van der Waals surface area contributed by atoms with Gasteiger partial charge in [-0.15, -0.1) is 0 Å². The lowest BCUT2D eigenvalue weighted by molar-refractivity contribution is 0.214. The molecule has 192 valence electrons. The number of hydrogen-bond donors (Lipinski definition) is 0. The predicted octanol–water partition coefficient (Wildman–Crippen LogP) is 7.07. The summed E-state index contributed by atoms with van der Waals surface area (Å²) in [7, 11) is 0. The molecular weight excluding hydrogens is 470 g/mol. The summed E-state index contributed by atoms with van der Waals surface area (Å²) in [4.78, 5) is 6.65. The molecule has 4 aromatic rings. The molecular formula is C33H33N3O2. The van der Waals surface area contributed by atoms with Gasteiger partial charge in [-0.25, -0.2) is 0 Å². The molecule has 0 aliphatic carbocycles. The molecule has 0 amide bonds. The summed E-state index contributed by atoms with van der Waals surface area (Å²) in [6.07, 6.45) is 7.10. The molecule has 0 N–H and O–H groups in total. The fraction of sp³-hybridized carbons (Fsp3) is 0.273. The molecule has 1 saturated heterocycles. The number of pyridine rings is 1. The number of likely N-dealkylation sites (tertiary alicyclic amines) is 1. The van der Waals surface area contributed by atoms with Crippen molar-refractivity contribution in [2.45, 2.75) is 45.9 Å². The second kappa shape index (κ2) is 12.4. The van der Waals surface area contributed by atoms with Crippen molar-refractivity contribution in [1.82, 2.24) is 9.88 Å². The Bertz CT molecular complexity index is 1410. The minimum absolute atomic E-state index is 0.344. The molecule has 2 heterocycles. The second-order valence-corrected chi connectivity index (χ2v) is 9.83. The summed E-state index contributed by atoms with van der Waals surface area (Å²) < 4.78 is 12.6. The van der Waals surface area contributed by atoms with Crippen molar-refractivity contribution in [2.24, 2.45) is 0 Å². The highest BCUT2D eigenvalue weighted by Gasteiger charge is 2.15. The van der Waals surface area contributed by atoms with Gasteiger partial charge in [0.25, 0.3) is 0 Å². The summed E-state index contributed by atoms with van der Waals surface area (Å²) in [5, 5.41) is 9.21. The van der Waals surface area contributed by atoms with Crippen molar-refractivity contribution < 1.29 is 9.47 Å². The van der Waals surface area contributed by atoms with E-state index in [9.17, 15) is 5.26 Å². The van der Waals surface area contributed by atoms with E-state index in [1.54, 1.807) is 12.4 Å². The summed E-state index contributed by atoms with van der Waals surface area (Å²) in [6.45, 7) is 6.06. The van der Waals surface area contributed by atoms with Crippen molar-refractivity contribution in [2.75, 3.05) is 13.1 Å². The van der Waals surface area contributed by atoms with Gasteiger partial charge in [0.1, 0.15) is 30.8 Å². The third-order valence-electron chi connectivity index (χ3n) is 7.12. The maximum absolute atomic E-state index is 9.21. The van der Waals surface area contributed by atoms with Crippen molar-refractivity contribution in [3.8, 4) is 28.7 Å². The Balaban J connectivity index is 1.34. The zero-order valence-corrected chi connectivity index (χ0v) is 21.9. The lowest BCUT2D eigenvalue weighted by Crippen LogP contribution is -2.29. The molecule has 0 unspecified atom stereocenters. The number of aromatic nitrogens is 1. The SMILES string of the molecule is Cc1c(COc2ccc(CN3CCCCC3)c(OCc3cncc(C#N)c3)c2)cccc1-c1ccccc1. The molecule has 38 heavy (non-hydrogen) atoms. The van der Waals surface area contributed by atoms with Crippen molar-refractivity contribution in [3.63, 3.8) is 0 Å². The number of nitrogens with zero attached hydrogens (tertiary/aromatic N) is 3. The van der Waals surface area contributed by atoms with Gasteiger partial charge in [0.2, 0.25) is 0 Å². The summed E-state index contributed by atoms with van der Waals surface area (Å²) in [6, 6.07) is 27.0. The molecule has 5 nitrogen and oxygen atoms in total. The first-order chi connectivity index (χ1) is 18.7. The smallest absolute Gasteiger partial charge is 0.128 e. The van der Waals surface area contributed by atoms with E-state index in [4.69, 9.17) is 9.47 Å². The van der Waals surface area contributed by atoms with Gasteiger partial charge in [-0.2, -0.15) is 5.26 Å². The molecule has 5 rings (SSSR count). The van der Waals surface area contributed by atoms with Crippen LogP contribution in [0.2, 0.25) is 0 Å². The predicted molar refractivity (Wildman–Crippen MR) is 150 cm³/mol. The van der Waals surface area contributed by atoms with Gasteiger partial charge in [-0.1, -0.05) is 61.0 Å². The minimum Gasteiger partial charge on any atom is -0.489 e. The van der Waals surface area contributed by atoms with E-state index >= 15 is 0 Å². The van der Waals surface area contributed by atoms with Crippen LogP contribution < -0.4 is 9.47 Å². The lowest BCUT2D eigenvalue weighted by atomic mass is 9.97. The standard InChI is InChI=1S/C33H33N3O2/c1-25-30(11-8-12-32(25)28-9-4-2-5-10-28)24-37-31-14-13-29(22-36-15-6-3-7-16-36)33(18-31)38-23-27-17-26(19-34)20-35-21-27/h2,4-5,8-14,17-18,20-21H,3,6-7,15-16,22-24H2,1H3. The third kappa shape index (κ3) is 6.40. The summed E-state index contributed by atoms with van der Waals surface area (Å²) in [5.74, 6) is 1.58. The van der Waals surface area contributed by atoms with Crippen LogP contribution in [0.3, 0.4) is 0 Å². The van der Waals surface area contributed by atoms with Crippen LogP contribution in [0.4, 0.5) is 0 Å². The van der Waals surface area contributed by atoms with Gasteiger partial charge < -0.3 is 9.47 Å². The van der Waals surface area contributed by atoms with Gasteiger partial charge in [-0.05, 0) is 67.2 Å². The zero-order valence-electron chi connectivity index (χ0n) is 21.9. The molecule has 0 spiro atoms. The third-order valence-corrected chi connectivity index (χ3v) is 7.12. The minimum atomic E-state index is 0.344. The van der Waals surface area contributed by atoms with Crippen LogP contribution in [0.15, 0.2) is 85.2 Å². The van der Waals surface area contributed by atoms with Crippen LogP contribution in [0.5, 0.6) is 11.5 Å². The maximum atomic E-state index is 9.21. The molecule has 1 fully saturated rings. The van der Waals surface area contributed by atoms with Gasteiger partial charge in [-0.3, -0.25) is 9.88 Å². The topological polar surface area (TPSA) is 58.4 Å². The van der Waals surface area contributed by atoms with E-state index in [2.05, 4.69) is 71.4 Å². The normalized spacial score (nSPS) is 13.6. The van der Waals surface area contributed by atoms with E-state index < -0.39 is 0 Å². The van der Waals surface area contributed by atoms with Crippen LogP contribution in [0.1, 0.15) is 47.1 Å². The molecule has 0 radical (unpaired) electrons. The molecule has 1 aromatic heterocycles. The maximum Gasteiger partial charge on any atom is 0.128 e. The number of ether oxygens (including phenoxy) is 2. The van der Waals surface area contributed by atoms with Gasteiger partial charge >= 0.3 is 0 Å². The Kier molecular flexibility index (Phi) is 8.32. The van der Waals surface area contributed by atoms with Crippen LogP contribution in [0.25, 0.3) is 11.1 Å². The first-order valence-electron chi connectivity index (χ1n) is 13.3. The lowest BCUT2D eigenvalue weighted by Gasteiger charge is -2.27. The van der Waals surface area contributed by atoms with Crippen LogP contribution in [0, 0.1) is 18.3 Å². The van der Waals surface area contributed by atoms with E-state index in [0.717, 1.165) is 47.8 Å². The summed E-state index contributed by atoms with van der Waals surface area (Å²) >= 11 is 0. The van der Waals surface area contributed by atoms with Crippen molar-refractivity contribution >= 4 is 0 Å². The highest BCUT2D eigenvalue weighted by molar-refractivity contribution is 5.68. The van der Waals surface area contributed by atoms with Crippen molar-refractivity contribution in [1.29, 1.82) is 5.26 Å². The number of piperidine rings is 1. The van der Waals surface area contributed by atoms with Crippen LogP contribution in [-0.2, 0) is 19.8 Å². The quantitative estimate of drug-likeness (QED) is 0.244.